The first kappa shape index (κ1) is 10.0. The largest absolute Gasteiger partial charge is 0.298 e. The number of hydrogen-bond donors (Lipinski definition) is 0. The van der Waals surface area contributed by atoms with Crippen molar-refractivity contribution in [2.24, 2.45) is 0 Å². The zero-order valence-electron chi connectivity index (χ0n) is 6.49. The molecule has 4 heteroatoms. The minimum Gasteiger partial charge on any atom is -0.298 e. The molecule has 0 aliphatic carbocycles. The Kier molecular flexibility index (Phi) is 3.30. The van der Waals surface area contributed by atoms with Gasteiger partial charge in [0.1, 0.15) is 12.6 Å². The summed E-state index contributed by atoms with van der Waals surface area (Å²) in [5.74, 6) is 0. The van der Waals surface area contributed by atoms with Crippen LogP contribution < -0.4 is 0 Å². The molecule has 0 unspecified atom stereocenters. The molecule has 0 radical (unpaired) electrons. The lowest BCUT2D eigenvalue weighted by Gasteiger charge is -1.97. The molecule has 0 heterocycles. The van der Waals surface area contributed by atoms with Gasteiger partial charge < -0.3 is 0 Å². The van der Waals surface area contributed by atoms with Gasteiger partial charge in [-0.2, -0.15) is 0 Å². The number of carbonyl (C=O) groups excluding carboxylic acids is 3. The Balaban J connectivity index is 3.30. The summed E-state index contributed by atoms with van der Waals surface area (Å²) in [6.45, 7) is 0. The van der Waals surface area contributed by atoms with Crippen molar-refractivity contribution < 1.29 is 14.4 Å². The predicted molar refractivity (Wildman–Crippen MR) is 55.6 cm³/mol. The highest BCUT2D eigenvalue weighted by atomic mass is 127. The second kappa shape index (κ2) is 4.27. The summed E-state index contributed by atoms with van der Waals surface area (Å²) in [4.78, 5) is 31.8. The van der Waals surface area contributed by atoms with Crippen LogP contribution in [-0.2, 0) is 0 Å². The molecule has 0 aliphatic rings. The monoisotopic (exact) mass is 288 g/mol. The molecular weight excluding hydrogens is 283 g/mol. The van der Waals surface area contributed by atoms with Gasteiger partial charge in [0.05, 0.1) is 0 Å². The first-order valence-corrected chi connectivity index (χ1v) is 4.50. The highest BCUT2D eigenvalue weighted by Gasteiger charge is 2.04. The van der Waals surface area contributed by atoms with Crippen LogP contribution in [0.25, 0.3) is 0 Å². The number of aldehydes is 2. The van der Waals surface area contributed by atoms with E-state index in [0.29, 0.717) is 29.3 Å². The first-order chi connectivity index (χ1) is 6.17. The van der Waals surface area contributed by atoms with Crippen molar-refractivity contribution in [3.63, 3.8) is 0 Å². The van der Waals surface area contributed by atoms with Gasteiger partial charge in [-0.15, -0.1) is 0 Å². The molecule has 3 nitrogen and oxygen atoms in total. The summed E-state index contributed by atoms with van der Waals surface area (Å²) in [6, 6.07) is 4.34. The molecule has 0 fully saturated rings. The molecule has 1 aromatic carbocycles. The SMILES string of the molecule is O=Cc1cc(C=O)cc(C(=O)I)c1. The van der Waals surface area contributed by atoms with Crippen molar-refractivity contribution in [3.8, 4) is 0 Å². The molecule has 13 heavy (non-hydrogen) atoms. The maximum Gasteiger partial charge on any atom is 0.222 e. The molecular formula is C9H5IO3. The molecule has 0 atom stereocenters. The normalized spacial score (nSPS) is 9.31. The quantitative estimate of drug-likeness (QED) is 0.485. The van der Waals surface area contributed by atoms with Crippen LogP contribution in [0.5, 0.6) is 0 Å². The summed E-state index contributed by atoms with van der Waals surface area (Å²) in [5.41, 5.74) is 1.04. The Bertz CT molecular complexity index is 345. The Morgan fingerprint density at radius 1 is 1.08 bits per heavy atom. The summed E-state index contributed by atoms with van der Waals surface area (Å²) < 4.78 is -0.190. The Morgan fingerprint density at radius 2 is 1.54 bits per heavy atom. The average molecular weight is 288 g/mol. The zero-order chi connectivity index (χ0) is 9.84. The highest BCUT2D eigenvalue weighted by molar-refractivity contribution is 14.1. The van der Waals surface area contributed by atoms with Crippen molar-refractivity contribution in [2.45, 2.75) is 0 Å². The van der Waals surface area contributed by atoms with E-state index in [-0.39, 0.29) is 3.79 Å². The van der Waals surface area contributed by atoms with E-state index >= 15 is 0 Å². The Morgan fingerprint density at radius 3 is 1.85 bits per heavy atom. The van der Waals surface area contributed by atoms with Crippen LogP contribution in [0.4, 0.5) is 0 Å². The van der Waals surface area contributed by atoms with Gasteiger partial charge in [-0.1, -0.05) is 0 Å². The molecule has 1 aromatic rings. The smallest absolute Gasteiger partial charge is 0.222 e. The fraction of sp³-hybridized carbons (Fsp3) is 0. The lowest BCUT2D eigenvalue weighted by Crippen LogP contribution is -1.94. The van der Waals surface area contributed by atoms with Crippen LogP contribution >= 0.6 is 22.6 Å². The second-order valence-electron chi connectivity index (χ2n) is 2.40. The maximum atomic E-state index is 10.9. The van der Waals surface area contributed by atoms with Gasteiger partial charge in [0.15, 0.2) is 0 Å². The maximum absolute atomic E-state index is 10.9. The zero-order valence-corrected chi connectivity index (χ0v) is 8.65. The van der Waals surface area contributed by atoms with E-state index in [0.717, 1.165) is 0 Å². The van der Waals surface area contributed by atoms with Gasteiger partial charge >= 0.3 is 0 Å². The molecule has 0 saturated heterocycles. The summed E-state index contributed by atoms with van der Waals surface area (Å²) in [7, 11) is 0. The van der Waals surface area contributed by atoms with E-state index in [1.54, 1.807) is 22.6 Å². The van der Waals surface area contributed by atoms with Crippen molar-refractivity contribution >= 4 is 39.0 Å². The van der Waals surface area contributed by atoms with Crippen molar-refractivity contribution in [1.29, 1.82) is 0 Å². The minimum absolute atomic E-state index is 0.190. The summed E-state index contributed by atoms with van der Waals surface area (Å²) in [5, 5.41) is 0. The van der Waals surface area contributed by atoms with Crippen LogP contribution in [0, 0.1) is 0 Å². The fourth-order valence-corrected chi connectivity index (χ4v) is 1.24. The third-order valence-electron chi connectivity index (χ3n) is 1.48. The van der Waals surface area contributed by atoms with Crippen molar-refractivity contribution in [1.82, 2.24) is 0 Å². The standard InChI is InChI=1S/C9H5IO3/c10-9(13)8-2-6(4-11)1-7(3-8)5-12/h1-5H. The van der Waals surface area contributed by atoms with Gasteiger partial charge in [-0.05, 0) is 18.2 Å². The number of benzene rings is 1. The highest BCUT2D eigenvalue weighted by Crippen LogP contribution is 2.11. The number of carbonyl (C=O) groups is 3. The second-order valence-corrected chi connectivity index (χ2v) is 3.38. The molecule has 0 aliphatic heterocycles. The van der Waals surface area contributed by atoms with Gasteiger partial charge in [0.2, 0.25) is 3.79 Å². The number of halogens is 1. The van der Waals surface area contributed by atoms with Crippen LogP contribution in [0.1, 0.15) is 31.1 Å². The van der Waals surface area contributed by atoms with E-state index in [1.807, 2.05) is 0 Å². The van der Waals surface area contributed by atoms with Gasteiger partial charge in [-0.25, -0.2) is 0 Å². The molecule has 0 saturated carbocycles. The predicted octanol–water partition coefficient (Wildman–Crippen LogP) is 1.89. The molecule has 0 aromatic heterocycles. The fourth-order valence-electron chi connectivity index (χ4n) is 0.926. The third kappa shape index (κ3) is 2.45. The van der Waals surface area contributed by atoms with Gasteiger partial charge in [0, 0.05) is 39.3 Å². The van der Waals surface area contributed by atoms with E-state index < -0.39 is 0 Å². The average Bonchev–Trinajstić information content (AvgIpc) is 2.16. The van der Waals surface area contributed by atoms with E-state index in [9.17, 15) is 14.4 Å². The van der Waals surface area contributed by atoms with Crippen LogP contribution in [-0.4, -0.2) is 16.4 Å². The van der Waals surface area contributed by atoms with Crippen molar-refractivity contribution in [2.75, 3.05) is 0 Å². The molecule has 66 valence electrons. The molecule has 0 N–H and O–H groups in total. The summed E-state index contributed by atoms with van der Waals surface area (Å²) >= 11 is 1.60. The topological polar surface area (TPSA) is 51.2 Å². The number of rotatable bonds is 3. The third-order valence-corrected chi connectivity index (χ3v) is 2.10. The lowest BCUT2D eigenvalue weighted by atomic mass is 10.1. The molecule has 1 rings (SSSR count). The van der Waals surface area contributed by atoms with Crippen LogP contribution in [0.2, 0.25) is 0 Å². The van der Waals surface area contributed by atoms with Gasteiger partial charge in [-0.3, -0.25) is 14.4 Å². The first-order valence-electron chi connectivity index (χ1n) is 3.42. The van der Waals surface area contributed by atoms with Crippen LogP contribution in [0.3, 0.4) is 0 Å². The minimum atomic E-state index is -0.190. The Labute approximate surface area is 88.3 Å². The van der Waals surface area contributed by atoms with Gasteiger partial charge in [0.25, 0.3) is 0 Å². The van der Waals surface area contributed by atoms with E-state index in [2.05, 4.69) is 0 Å². The summed E-state index contributed by atoms with van der Waals surface area (Å²) in [6.07, 6.45) is 1.21. The van der Waals surface area contributed by atoms with Crippen LogP contribution in [0.15, 0.2) is 18.2 Å². The molecule has 0 amide bonds. The van der Waals surface area contributed by atoms with Crippen molar-refractivity contribution in [3.05, 3.63) is 34.9 Å². The Hall–Kier alpha value is -1.04. The van der Waals surface area contributed by atoms with E-state index in [1.165, 1.54) is 18.2 Å². The lowest BCUT2D eigenvalue weighted by molar-refractivity contribution is 0.110. The number of hydrogen-bond acceptors (Lipinski definition) is 3. The molecule has 0 spiro atoms. The molecule has 0 bridgehead atoms. The van der Waals surface area contributed by atoms with E-state index in [4.69, 9.17) is 0 Å².